The highest BCUT2D eigenvalue weighted by atomic mass is 35.5. The predicted octanol–water partition coefficient (Wildman–Crippen LogP) is 16.6. The predicted molar refractivity (Wildman–Crippen MR) is 252 cm³/mol. The third-order valence-electron chi connectivity index (χ3n) is 11.8. The van der Waals surface area contributed by atoms with Crippen LogP contribution < -0.4 is 10.7 Å². The quantitative estimate of drug-likeness (QED) is 0.0371. The van der Waals surface area contributed by atoms with Crippen LogP contribution >= 0.6 is 12.4 Å². The Kier molecular flexibility index (Phi) is 26.0. The van der Waals surface area contributed by atoms with Crippen molar-refractivity contribution in [1.29, 1.82) is 0 Å². The molecule has 0 radical (unpaired) electrons. The van der Waals surface area contributed by atoms with E-state index in [1.165, 1.54) is 167 Å². The van der Waals surface area contributed by atoms with Crippen LogP contribution in [-0.4, -0.2) is 24.2 Å². The van der Waals surface area contributed by atoms with Crippen molar-refractivity contribution in [3.8, 4) is 22.5 Å². The fourth-order valence-corrected chi connectivity index (χ4v) is 8.33. The normalized spacial score (nSPS) is 11.7. The van der Waals surface area contributed by atoms with Gasteiger partial charge in [-0.3, -0.25) is 4.99 Å². The second kappa shape index (κ2) is 30.7. The second-order valence-corrected chi connectivity index (χ2v) is 16.7. The number of carboxylic acids is 1. The van der Waals surface area contributed by atoms with Crippen LogP contribution in [0.1, 0.15) is 204 Å². The Morgan fingerprint density at radius 1 is 0.569 bits per heavy atom. The van der Waals surface area contributed by atoms with Gasteiger partial charge in [-0.05, 0) is 48.7 Å². The number of hydrogen-bond donors (Lipinski definition) is 2. The highest BCUT2D eigenvalue weighted by Crippen LogP contribution is 2.41. The molecule has 6 heteroatoms. The molecule has 2 aromatic carbocycles. The largest absolute Gasteiger partial charge is 0.478 e. The van der Waals surface area contributed by atoms with E-state index in [9.17, 15) is 9.90 Å². The van der Waals surface area contributed by atoms with Crippen molar-refractivity contribution in [3.63, 3.8) is 0 Å². The Morgan fingerprint density at radius 2 is 1.07 bits per heavy atom. The first kappa shape index (κ1) is 49.1. The van der Waals surface area contributed by atoms with Crippen molar-refractivity contribution in [1.82, 2.24) is 0 Å². The molecule has 0 unspecified atom stereocenters. The summed E-state index contributed by atoms with van der Waals surface area (Å²) in [4.78, 5) is 17.3. The zero-order valence-corrected chi connectivity index (χ0v) is 37.4. The zero-order chi connectivity index (χ0) is 40.2. The molecule has 0 fully saturated rings. The maximum atomic E-state index is 12.4. The third-order valence-corrected chi connectivity index (χ3v) is 11.8. The number of nitrogens with zero attached hydrogens (tertiary/aromatic N) is 1. The topological polar surface area (TPSA) is 74.8 Å². The lowest BCUT2D eigenvalue weighted by molar-refractivity contribution is 0.0697. The first-order valence-electron chi connectivity index (χ1n) is 23.7. The number of nitrogens with one attached hydrogen (secondary N) is 1. The molecule has 0 atom stereocenters. The third kappa shape index (κ3) is 18.3. The number of halogens is 1. The number of rotatable bonds is 33. The van der Waals surface area contributed by atoms with E-state index in [0.717, 1.165) is 64.8 Å². The molecule has 1 heterocycles. The lowest BCUT2D eigenvalue weighted by atomic mass is 9.90. The molecule has 0 bridgehead atoms. The van der Waals surface area contributed by atoms with Gasteiger partial charge < -0.3 is 14.8 Å². The van der Waals surface area contributed by atoms with Gasteiger partial charge in [0.15, 0.2) is 0 Å². The standard InChI is InChI=1S/C52H78N2O3.ClH/c1-3-5-7-9-11-13-15-17-19-21-23-25-27-31-39-53-43-35-37-47-49(41-43)57-50-42-44(36-38-48(50)51(47)45-33-29-30-34-46(45)52(55)56)54-40-32-28-26-24-22-20-18-16-14-12-10-8-6-4-2;/h29-30,33-38,41-42,53H,3-28,31-32,39-40H2,1-2H3,(H,55,56);1H. The SMILES string of the molecule is CCCCCCCCCCCCCCCCN=c1ccc2c(-c3ccccc3C(=O)O)c3ccc(NCCCCCCCCCCCCCCCC)cc3oc-2c1.Cl. The molecule has 4 rings (SSSR count). The maximum Gasteiger partial charge on any atom is 0.336 e. The van der Waals surface area contributed by atoms with Gasteiger partial charge in [0.25, 0.3) is 0 Å². The van der Waals surface area contributed by atoms with Crippen molar-refractivity contribution in [2.24, 2.45) is 4.99 Å². The zero-order valence-electron chi connectivity index (χ0n) is 36.6. The van der Waals surface area contributed by atoms with E-state index in [1.807, 2.05) is 24.3 Å². The molecular formula is C52H79ClN2O3. The Hall–Kier alpha value is -3.31. The Balaban J connectivity index is 0.00000900. The van der Waals surface area contributed by atoms with Crippen molar-refractivity contribution < 1.29 is 14.3 Å². The van der Waals surface area contributed by atoms with Gasteiger partial charge >= 0.3 is 5.97 Å². The highest BCUT2D eigenvalue weighted by molar-refractivity contribution is 6.07. The van der Waals surface area contributed by atoms with E-state index >= 15 is 0 Å². The van der Waals surface area contributed by atoms with Crippen LogP contribution in [0.5, 0.6) is 0 Å². The molecule has 58 heavy (non-hydrogen) atoms. The van der Waals surface area contributed by atoms with Crippen LogP contribution in [-0.2, 0) is 0 Å². The van der Waals surface area contributed by atoms with Crippen LogP contribution in [0.2, 0.25) is 0 Å². The van der Waals surface area contributed by atoms with Crippen LogP contribution in [0, 0.1) is 0 Å². The van der Waals surface area contributed by atoms with E-state index in [2.05, 4.69) is 43.4 Å². The molecule has 2 aliphatic rings. The summed E-state index contributed by atoms with van der Waals surface area (Å²) in [5.74, 6) is -0.206. The molecule has 322 valence electrons. The lowest BCUT2D eigenvalue weighted by Gasteiger charge is -2.17. The fraction of sp³-hybridized carbons (Fsp3) is 0.615. The maximum absolute atomic E-state index is 12.4. The first-order chi connectivity index (χ1) is 28.1. The van der Waals surface area contributed by atoms with E-state index in [-0.39, 0.29) is 18.0 Å². The number of fused-ring (bicyclic) bond motifs is 2. The molecule has 2 aromatic rings. The molecule has 1 aliphatic heterocycles. The van der Waals surface area contributed by atoms with Gasteiger partial charge in [0, 0.05) is 47.4 Å². The van der Waals surface area contributed by atoms with Crippen LogP contribution in [0.3, 0.4) is 0 Å². The average molecular weight is 816 g/mol. The molecule has 5 nitrogen and oxygen atoms in total. The summed E-state index contributed by atoms with van der Waals surface area (Å²) in [7, 11) is 0. The monoisotopic (exact) mass is 815 g/mol. The summed E-state index contributed by atoms with van der Waals surface area (Å²) in [6.07, 6.45) is 37.9. The summed E-state index contributed by atoms with van der Waals surface area (Å²) >= 11 is 0. The van der Waals surface area contributed by atoms with Crippen LogP contribution in [0.4, 0.5) is 5.69 Å². The summed E-state index contributed by atoms with van der Waals surface area (Å²) in [5.41, 5.74) is 4.55. The highest BCUT2D eigenvalue weighted by Gasteiger charge is 2.21. The van der Waals surface area contributed by atoms with Gasteiger partial charge in [-0.1, -0.05) is 199 Å². The smallest absolute Gasteiger partial charge is 0.336 e. The van der Waals surface area contributed by atoms with Gasteiger partial charge in [0.1, 0.15) is 11.3 Å². The van der Waals surface area contributed by atoms with E-state index in [4.69, 9.17) is 9.41 Å². The van der Waals surface area contributed by atoms with Crippen molar-refractivity contribution in [3.05, 3.63) is 71.6 Å². The number of carboxylic acid groups (broad SMARTS) is 1. The van der Waals surface area contributed by atoms with Gasteiger partial charge in [0.05, 0.1) is 10.9 Å². The van der Waals surface area contributed by atoms with Crippen molar-refractivity contribution >= 4 is 35.0 Å². The minimum atomic E-state index is -0.932. The van der Waals surface area contributed by atoms with Gasteiger partial charge in [-0.2, -0.15) is 0 Å². The second-order valence-electron chi connectivity index (χ2n) is 16.7. The molecule has 0 saturated heterocycles. The van der Waals surface area contributed by atoms with E-state index < -0.39 is 5.97 Å². The molecule has 1 aliphatic carbocycles. The molecular weight excluding hydrogens is 736 g/mol. The Bertz CT molecular complexity index is 1710. The Labute approximate surface area is 359 Å². The number of benzene rings is 3. The summed E-state index contributed by atoms with van der Waals surface area (Å²) in [6, 6.07) is 19.7. The van der Waals surface area contributed by atoms with Crippen LogP contribution in [0.25, 0.3) is 33.4 Å². The Morgan fingerprint density at radius 3 is 1.60 bits per heavy atom. The summed E-state index contributed by atoms with van der Waals surface area (Å²) < 4.78 is 6.60. The number of hydrogen-bond acceptors (Lipinski definition) is 4. The fourth-order valence-electron chi connectivity index (χ4n) is 8.33. The molecule has 0 aromatic heterocycles. The summed E-state index contributed by atoms with van der Waals surface area (Å²) in [5, 5.41) is 15.6. The lowest BCUT2D eigenvalue weighted by Crippen LogP contribution is -2.06. The van der Waals surface area contributed by atoms with Gasteiger partial charge in [-0.25, -0.2) is 4.79 Å². The molecule has 0 amide bonds. The van der Waals surface area contributed by atoms with E-state index in [1.54, 1.807) is 12.1 Å². The molecule has 0 spiro atoms. The van der Waals surface area contributed by atoms with Crippen LogP contribution in [0.15, 0.2) is 70.1 Å². The summed E-state index contributed by atoms with van der Waals surface area (Å²) in [6.45, 7) is 6.30. The van der Waals surface area contributed by atoms with Crippen molar-refractivity contribution in [2.45, 2.75) is 194 Å². The minimum absolute atomic E-state index is 0. The number of aromatic carboxylic acids is 1. The van der Waals surface area contributed by atoms with Crippen molar-refractivity contribution in [2.75, 3.05) is 18.4 Å². The average Bonchev–Trinajstić information content (AvgIpc) is 3.22. The van der Waals surface area contributed by atoms with Gasteiger partial charge in [0.2, 0.25) is 0 Å². The number of carbonyl (C=O) groups is 1. The number of unbranched alkanes of at least 4 members (excludes halogenated alkanes) is 26. The minimum Gasteiger partial charge on any atom is -0.478 e. The molecule has 0 saturated carbocycles. The molecule has 2 N–H and O–H groups in total. The number of anilines is 1. The van der Waals surface area contributed by atoms with E-state index in [0.29, 0.717) is 5.56 Å². The first-order valence-corrected chi connectivity index (χ1v) is 23.7. The van der Waals surface area contributed by atoms with Gasteiger partial charge in [-0.15, -0.1) is 12.4 Å².